The lowest BCUT2D eigenvalue weighted by Gasteiger charge is -2.34. The van der Waals surface area contributed by atoms with E-state index in [1.807, 2.05) is 4.90 Å². The minimum Gasteiger partial charge on any atom is -0.478 e. The predicted octanol–water partition coefficient (Wildman–Crippen LogP) is 2.90. The van der Waals surface area contributed by atoms with Crippen LogP contribution in [0.1, 0.15) is 37.0 Å². The summed E-state index contributed by atoms with van der Waals surface area (Å²) in [4.78, 5) is 12.7. The maximum Gasteiger partial charge on any atom is 0.335 e. The van der Waals surface area contributed by atoms with E-state index in [0.717, 1.165) is 25.5 Å². The zero-order valence-electron chi connectivity index (χ0n) is 10.0. The largest absolute Gasteiger partial charge is 0.478 e. The van der Waals surface area contributed by atoms with Gasteiger partial charge in [0.05, 0.1) is 11.3 Å². The lowest BCUT2D eigenvalue weighted by molar-refractivity contribution is 0.0696. The highest BCUT2D eigenvalue weighted by Gasteiger charge is 2.33. The van der Waals surface area contributed by atoms with Crippen molar-refractivity contribution in [2.24, 2.45) is 0 Å². The molecular weight excluding hydrogens is 221 g/mol. The second-order valence-electron chi connectivity index (χ2n) is 5.04. The number of anilines is 1. The fraction of sp³-hybridized carbons (Fsp3) is 0.462. The van der Waals surface area contributed by atoms with E-state index in [4.69, 9.17) is 5.11 Å². The van der Waals surface area contributed by atoms with Crippen LogP contribution in [0.2, 0.25) is 0 Å². The van der Waals surface area contributed by atoms with Gasteiger partial charge in [-0.3, -0.25) is 0 Å². The molecule has 0 aromatic heterocycles. The normalized spacial score (nSPS) is 18.4. The second kappa shape index (κ2) is 4.02. The quantitative estimate of drug-likeness (QED) is 0.859. The van der Waals surface area contributed by atoms with Gasteiger partial charge < -0.3 is 10.0 Å². The Bertz CT molecular complexity index is 457. The van der Waals surface area contributed by atoms with Crippen molar-refractivity contribution in [1.29, 1.82) is 0 Å². The van der Waals surface area contributed by atoms with Gasteiger partial charge in [-0.05, 0) is 44.9 Å². The molecule has 0 saturated carbocycles. The van der Waals surface area contributed by atoms with Crippen molar-refractivity contribution in [1.82, 2.24) is 0 Å². The Hall–Kier alpha value is -1.58. The topological polar surface area (TPSA) is 40.5 Å². The van der Waals surface area contributed by atoms with Crippen LogP contribution in [0.15, 0.2) is 18.2 Å². The molecule has 2 rings (SSSR count). The van der Waals surface area contributed by atoms with Gasteiger partial charge in [-0.1, -0.05) is 0 Å². The average Bonchev–Trinajstić information content (AvgIpc) is 2.58. The van der Waals surface area contributed by atoms with E-state index in [1.54, 1.807) is 6.07 Å². The molecule has 3 nitrogen and oxygen atoms in total. The van der Waals surface area contributed by atoms with Crippen LogP contribution in [-0.2, 0) is 0 Å². The summed E-state index contributed by atoms with van der Waals surface area (Å²) in [5, 5.41) is 8.79. The third-order valence-electron chi connectivity index (χ3n) is 3.39. The molecule has 0 spiro atoms. The number of carboxylic acids is 1. The minimum atomic E-state index is -1.10. The number of carboxylic acid groups (broad SMARTS) is 1. The van der Waals surface area contributed by atoms with Crippen LogP contribution in [0.5, 0.6) is 0 Å². The van der Waals surface area contributed by atoms with E-state index in [2.05, 4.69) is 13.8 Å². The summed E-state index contributed by atoms with van der Waals surface area (Å²) in [6, 6.07) is 4.10. The minimum absolute atomic E-state index is 0.0109. The van der Waals surface area contributed by atoms with Crippen molar-refractivity contribution in [2.45, 2.75) is 32.2 Å². The molecule has 1 aromatic rings. The summed E-state index contributed by atoms with van der Waals surface area (Å²) in [5.74, 6) is -1.56. The van der Waals surface area contributed by atoms with Crippen molar-refractivity contribution in [3.63, 3.8) is 0 Å². The molecule has 1 N–H and O–H groups in total. The summed E-state index contributed by atoms with van der Waals surface area (Å²) in [6.45, 7) is 4.96. The van der Waals surface area contributed by atoms with Crippen molar-refractivity contribution in [3.8, 4) is 0 Å². The smallest absolute Gasteiger partial charge is 0.335 e. The van der Waals surface area contributed by atoms with Gasteiger partial charge in [-0.2, -0.15) is 0 Å². The Kier molecular flexibility index (Phi) is 2.81. The van der Waals surface area contributed by atoms with Crippen LogP contribution in [0, 0.1) is 5.82 Å². The molecule has 17 heavy (non-hydrogen) atoms. The molecule has 1 saturated heterocycles. The SMILES string of the molecule is CC1(C)CCCN1c1ccc(C(=O)O)cc1F. The van der Waals surface area contributed by atoms with Crippen LogP contribution >= 0.6 is 0 Å². The number of hydrogen-bond donors (Lipinski definition) is 1. The van der Waals surface area contributed by atoms with E-state index in [9.17, 15) is 9.18 Å². The summed E-state index contributed by atoms with van der Waals surface area (Å²) >= 11 is 0. The zero-order chi connectivity index (χ0) is 12.6. The molecule has 0 unspecified atom stereocenters. The summed E-state index contributed by atoms with van der Waals surface area (Å²) in [5.41, 5.74) is 0.423. The van der Waals surface area contributed by atoms with Gasteiger partial charge in [0, 0.05) is 12.1 Å². The van der Waals surface area contributed by atoms with Crippen LogP contribution in [-0.4, -0.2) is 23.2 Å². The summed E-state index contributed by atoms with van der Waals surface area (Å²) in [6.07, 6.45) is 2.06. The van der Waals surface area contributed by atoms with Crippen molar-refractivity contribution in [2.75, 3.05) is 11.4 Å². The fourth-order valence-corrected chi connectivity index (χ4v) is 2.41. The van der Waals surface area contributed by atoms with E-state index in [-0.39, 0.29) is 11.1 Å². The third kappa shape index (κ3) is 2.12. The molecule has 4 heteroatoms. The molecular formula is C13H16FNO2. The predicted molar refractivity (Wildman–Crippen MR) is 64.0 cm³/mol. The Morgan fingerprint density at radius 1 is 1.47 bits per heavy atom. The Morgan fingerprint density at radius 3 is 2.65 bits per heavy atom. The average molecular weight is 237 g/mol. The van der Waals surface area contributed by atoms with Crippen LogP contribution in [0.25, 0.3) is 0 Å². The Balaban J connectivity index is 2.37. The van der Waals surface area contributed by atoms with E-state index < -0.39 is 11.8 Å². The molecule has 1 heterocycles. The zero-order valence-corrected chi connectivity index (χ0v) is 10.0. The molecule has 0 aliphatic carbocycles. The first-order valence-corrected chi connectivity index (χ1v) is 5.72. The van der Waals surface area contributed by atoms with Crippen LogP contribution < -0.4 is 4.90 Å². The molecule has 0 atom stereocenters. The van der Waals surface area contributed by atoms with Crippen molar-refractivity contribution in [3.05, 3.63) is 29.6 Å². The molecule has 1 aliphatic rings. The summed E-state index contributed by atoms with van der Waals surface area (Å²) < 4.78 is 13.9. The number of nitrogens with zero attached hydrogens (tertiary/aromatic N) is 1. The maximum absolute atomic E-state index is 13.9. The Morgan fingerprint density at radius 2 is 2.18 bits per heavy atom. The number of carbonyl (C=O) groups is 1. The lowest BCUT2D eigenvalue weighted by atomic mass is 10.0. The number of hydrogen-bond acceptors (Lipinski definition) is 2. The first-order valence-electron chi connectivity index (χ1n) is 5.72. The number of halogens is 1. The second-order valence-corrected chi connectivity index (χ2v) is 5.04. The van der Waals surface area contributed by atoms with Gasteiger partial charge in [-0.25, -0.2) is 9.18 Å². The third-order valence-corrected chi connectivity index (χ3v) is 3.39. The number of aromatic carboxylic acids is 1. The molecule has 92 valence electrons. The first kappa shape index (κ1) is 11.9. The van der Waals surface area contributed by atoms with Gasteiger partial charge in [0.15, 0.2) is 0 Å². The summed E-state index contributed by atoms with van der Waals surface area (Å²) in [7, 11) is 0. The highest BCUT2D eigenvalue weighted by atomic mass is 19.1. The van der Waals surface area contributed by atoms with Crippen LogP contribution in [0.3, 0.4) is 0 Å². The Labute approximate surface area is 99.9 Å². The molecule has 1 aliphatic heterocycles. The molecule has 0 amide bonds. The van der Waals surface area contributed by atoms with Crippen molar-refractivity contribution < 1.29 is 14.3 Å². The number of rotatable bonds is 2. The molecule has 0 radical (unpaired) electrons. The van der Waals surface area contributed by atoms with Gasteiger partial charge >= 0.3 is 5.97 Å². The first-order chi connectivity index (χ1) is 7.92. The van der Waals surface area contributed by atoms with E-state index in [1.165, 1.54) is 6.07 Å². The van der Waals surface area contributed by atoms with Crippen molar-refractivity contribution >= 4 is 11.7 Å². The highest BCUT2D eigenvalue weighted by molar-refractivity contribution is 5.88. The van der Waals surface area contributed by atoms with Gasteiger partial charge in [0.25, 0.3) is 0 Å². The highest BCUT2D eigenvalue weighted by Crippen LogP contribution is 2.35. The van der Waals surface area contributed by atoms with Gasteiger partial charge in [0.2, 0.25) is 0 Å². The fourth-order valence-electron chi connectivity index (χ4n) is 2.41. The van der Waals surface area contributed by atoms with Gasteiger partial charge in [-0.15, -0.1) is 0 Å². The maximum atomic E-state index is 13.9. The lowest BCUT2D eigenvalue weighted by Crippen LogP contribution is -2.38. The van der Waals surface area contributed by atoms with E-state index in [0.29, 0.717) is 5.69 Å². The standard InChI is InChI=1S/C13H16FNO2/c1-13(2)6-3-7-15(13)11-5-4-9(12(16)17)8-10(11)14/h4-5,8H,3,6-7H2,1-2H3,(H,16,17). The van der Waals surface area contributed by atoms with E-state index >= 15 is 0 Å². The monoisotopic (exact) mass is 237 g/mol. The van der Waals surface area contributed by atoms with Crippen LogP contribution in [0.4, 0.5) is 10.1 Å². The van der Waals surface area contributed by atoms with Gasteiger partial charge in [0.1, 0.15) is 5.82 Å². The molecule has 0 bridgehead atoms. The number of benzene rings is 1. The molecule has 1 fully saturated rings. The molecule has 1 aromatic carbocycles.